The van der Waals surface area contributed by atoms with Crippen molar-refractivity contribution in [1.29, 1.82) is 0 Å². The average molecular weight is 318 g/mol. The minimum absolute atomic E-state index is 0.257. The molecular formula is C21H18O3. The monoisotopic (exact) mass is 318 g/mol. The van der Waals surface area contributed by atoms with Crippen molar-refractivity contribution in [3.05, 3.63) is 102 Å². The molecule has 3 heteroatoms. The molecule has 3 nitrogen and oxygen atoms in total. The second-order valence-corrected chi connectivity index (χ2v) is 5.29. The number of esters is 1. The minimum atomic E-state index is -0.473. The summed E-state index contributed by atoms with van der Waals surface area (Å²) in [4.78, 5) is 12.4. The first-order valence-electron chi connectivity index (χ1n) is 7.82. The molecule has 0 amide bonds. The molecule has 120 valence electrons. The summed E-state index contributed by atoms with van der Waals surface area (Å²) in [7, 11) is 0. The van der Waals surface area contributed by atoms with Gasteiger partial charge in [-0.1, -0.05) is 66.7 Å². The Labute approximate surface area is 141 Å². The molecule has 24 heavy (non-hydrogen) atoms. The number of hydrogen-bond donors (Lipinski definition) is 0. The first-order chi connectivity index (χ1) is 11.8. The van der Waals surface area contributed by atoms with Crippen LogP contribution in [0.4, 0.5) is 0 Å². The summed E-state index contributed by atoms with van der Waals surface area (Å²) in [5.74, 6) is 0.385. The van der Waals surface area contributed by atoms with Gasteiger partial charge in [-0.3, -0.25) is 0 Å². The fraction of sp³-hybridized carbons (Fsp3) is 0.0952. The Morgan fingerprint density at radius 2 is 1.29 bits per heavy atom. The van der Waals surface area contributed by atoms with Crippen molar-refractivity contribution in [2.75, 3.05) is 6.61 Å². The molecule has 0 aliphatic carbocycles. The van der Waals surface area contributed by atoms with Crippen LogP contribution in [-0.4, -0.2) is 12.6 Å². The van der Waals surface area contributed by atoms with Gasteiger partial charge >= 0.3 is 5.97 Å². The highest BCUT2D eigenvalue weighted by Gasteiger charge is 2.18. The summed E-state index contributed by atoms with van der Waals surface area (Å²) >= 11 is 0. The molecule has 0 aliphatic rings. The van der Waals surface area contributed by atoms with Gasteiger partial charge in [-0.25, -0.2) is 4.79 Å². The van der Waals surface area contributed by atoms with Crippen molar-refractivity contribution >= 4 is 5.97 Å². The maximum atomic E-state index is 12.4. The van der Waals surface area contributed by atoms with Crippen LogP contribution >= 0.6 is 0 Å². The van der Waals surface area contributed by atoms with Crippen molar-refractivity contribution < 1.29 is 14.3 Å². The fourth-order valence-electron chi connectivity index (χ4n) is 2.33. The van der Waals surface area contributed by atoms with Crippen molar-refractivity contribution in [2.45, 2.75) is 6.10 Å². The molecule has 3 aromatic carbocycles. The minimum Gasteiger partial charge on any atom is -0.489 e. The summed E-state index contributed by atoms with van der Waals surface area (Å²) in [6.45, 7) is 0.257. The molecule has 1 atom stereocenters. The molecule has 0 spiro atoms. The van der Waals surface area contributed by atoms with Crippen LogP contribution in [0.25, 0.3) is 0 Å². The Bertz CT molecular complexity index is 755. The van der Waals surface area contributed by atoms with Gasteiger partial charge in [0.25, 0.3) is 0 Å². The molecule has 3 rings (SSSR count). The largest absolute Gasteiger partial charge is 0.489 e. The third-order valence-corrected chi connectivity index (χ3v) is 3.57. The molecule has 0 aromatic heterocycles. The lowest BCUT2D eigenvalue weighted by atomic mass is 10.1. The van der Waals surface area contributed by atoms with E-state index in [1.807, 2.05) is 78.9 Å². The highest BCUT2D eigenvalue weighted by molar-refractivity contribution is 5.89. The van der Waals surface area contributed by atoms with Gasteiger partial charge in [-0.05, 0) is 29.8 Å². The number of para-hydroxylation sites is 1. The maximum Gasteiger partial charge on any atom is 0.338 e. The number of ether oxygens (including phenoxy) is 2. The van der Waals surface area contributed by atoms with Crippen molar-refractivity contribution in [2.24, 2.45) is 0 Å². The van der Waals surface area contributed by atoms with E-state index in [0.29, 0.717) is 5.56 Å². The second-order valence-electron chi connectivity index (χ2n) is 5.29. The van der Waals surface area contributed by atoms with E-state index in [0.717, 1.165) is 11.3 Å². The number of benzene rings is 3. The van der Waals surface area contributed by atoms with Crippen molar-refractivity contribution in [3.63, 3.8) is 0 Å². The van der Waals surface area contributed by atoms with E-state index in [1.165, 1.54) is 0 Å². The van der Waals surface area contributed by atoms with Crippen LogP contribution in [0.1, 0.15) is 22.0 Å². The molecule has 3 aromatic rings. The van der Waals surface area contributed by atoms with Crippen LogP contribution in [0.3, 0.4) is 0 Å². The first kappa shape index (κ1) is 15.8. The number of carbonyl (C=O) groups excluding carboxylic acids is 1. The molecule has 0 aliphatic heterocycles. The maximum absolute atomic E-state index is 12.4. The molecule has 1 unspecified atom stereocenters. The highest BCUT2D eigenvalue weighted by Crippen LogP contribution is 2.21. The molecule has 0 radical (unpaired) electrons. The van der Waals surface area contributed by atoms with Crippen LogP contribution < -0.4 is 4.74 Å². The van der Waals surface area contributed by atoms with Crippen molar-refractivity contribution in [3.8, 4) is 5.75 Å². The van der Waals surface area contributed by atoms with Crippen LogP contribution in [-0.2, 0) is 4.74 Å². The van der Waals surface area contributed by atoms with Gasteiger partial charge in [0.1, 0.15) is 12.4 Å². The van der Waals surface area contributed by atoms with E-state index >= 15 is 0 Å². The van der Waals surface area contributed by atoms with Gasteiger partial charge in [0, 0.05) is 0 Å². The van der Waals surface area contributed by atoms with Gasteiger partial charge in [-0.2, -0.15) is 0 Å². The van der Waals surface area contributed by atoms with Gasteiger partial charge in [-0.15, -0.1) is 0 Å². The van der Waals surface area contributed by atoms with E-state index in [2.05, 4.69) is 0 Å². The van der Waals surface area contributed by atoms with Crippen LogP contribution in [0, 0.1) is 0 Å². The number of carbonyl (C=O) groups is 1. The zero-order valence-electron chi connectivity index (χ0n) is 13.2. The molecule has 0 fully saturated rings. The topological polar surface area (TPSA) is 35.5 Å². The zero-order valence-corrected chi connectivity index (χ0v) is 13.2. The molecule has 0 bridgehead atoms. The number of hydrogen-bond acceptors (Lipinski definition) is 3. The first-order valence-corrected chi connectivity index (χ1v) is 7.82. The standard InChI is InChI=1S/C21H18O3/c22-21(18-12-6-2-7-13-18)24-20(17-10-4-1-5-11-17)16-23-19-14-8-3-9-15-19/h1-15,20H,16H2. The Balaban J connectivity index is 1.74. The predicted molar refractivity (Wildman–Crippen MR) is 93.0 cm³/mol. The predicted octanol–water partition coefficient (Wildman–Crippen LogP) is 4.66. The van der Waals surface area contributed by atoms with Crippen LogP contribution in [0.5, 0.6) is 5.75 Å². The van der Waals surface area contributed by atoms with Gasteiger partial charge in [0.05, 0.1) is 5.56 Å². The summed E-state index contributed by atoms with van der Waals surface area (Å²) in [6, 6.07) is 28.1. The molecular weight excluding hydrogens is 300 g/mol. The van der Waals surface area contributed by atoms with Gasteiger partial charge in [0.15, 0.2) is 6.10 Å². The smallest absolute Gasteiger partial charge is 0.338 e. The highest BCUT2D eigenvalue weighted by atomic mass is 16.6. The quantitative estimate of drug-likeness (QED) is 0.620. The summed E-state index contributed by atoms with van der Waals surface area (Å²) < 4.78 is 11.5. The Morgan fingerprint density at radius 1 is 0.750 bits per heavy atom. The van der Waals surface area contributed by atoms with Gasteiger partial charge in [0.2, 0.25) is 0 Å². The van der Waals surface area contributed by atoms with Gasteiger partial charge < -0.3 is 9.47 Å². The van der Waals surface area contributed by atoms with E-state index in [4.69, 9.17) is 9.47 Å². The second kappa shape index (κ2) is 7.97. The normalized spacial score (nSPS) is 11.5. The Hall–Kier alpha value is -3.07. The number of rotatable bonds is 6. The lowest BCUT2D eigenvalue weighted by molar-refractivity contribution is 0.0168. The van der Waals surface area contributed by atoms with E-state index in [-0.39, 0.29) is 12.6 Å². The van der Waals surface area contributed by atoms with Crippen LogP contribution in [0.2, 0.25) is 0 Å². The molecule has 0 saturated heterocycles. The van der Waals surface area contributed by atoms with Crippen molar-refractivity contribution in [1.82, 2.24) is 0 Å². The SMILES string of the molecule is O=C(OC(COc1ccccc1)c1ccccc1)c1ccccc1. The lowest BCUT2D eigenvalue weighted by Crippen LogP contribution is -2.18. The van der Waals surface area contributed by atoms with E-state index in [1.54, 1.807) is 12.1 Å². The van der Waals surface area contributed by atoms with E-state index < -0.39 is 6.10 Å². The molecule has 0 heterocycles. The van der Waals surface area contributed by atoms with Crippen LogP contribution in [0.15, 0.2) is 91.0 Å². The third kappa shape index (κ3) is 4.23. The Morgan fingerprint density at radius 3 is 1.92 bits per heavy atom. The Kier molecular flexibility index (Phi) is 5.25. The lowest BCUT2D eigenvalue weighted by Gasteiger charge is -2.19. The van der Waals surface area contributed by atoms with E-state index in [9.17, 15) is 4.79 Å². The summed E-state index contributed by atoms with van der Waals surface area (Å²) in [5.41, 5.74) is 1.43. The third-order valence-electron chi connectivity index (χ3n) is 3.57. The summed E-state index contributed by atoms with van der Waals surface area (Å²) in [5, 5.41) is 0. The fourth-order valence-corrected chi connectivity index (χ4v) is 2.33. The summed E-state index contributed by atoms with van der Waals surface area (Å²) in [6.07, 6.45) is -0.473. The molecule has 0 N–H and O–H groups in total. The average Bonchev–Trinajstić information content (AvgIpc) is 2.67. The zero-order chi connectivity index (χ0) is 16.6. The molecule has 0 saturated carbocycles.